The fourth-order valence-electron chi connectivity index (χ4n) is 4.33. The van der Waals surface area contributed by atoms with E-state index in [2.05, 4.69) is 5.32 Å². The minimum atomic E-state index is -0.941. The first-order valence-corrected chi connectivity index (χ1v) is 8.67. The van der Waals surface area contributed by atoms with Crippen LogP contribution in [0.25, 0.3) is 0 Å². The van der Waals surface area contributed by atoms with Gasteiger partial charge in [0.15, 0.2) is 6.61 Å². The number of rotatable bonds is 2. The Morgan fingerprint density at radius 1 is 1.24 bits per heavy atom. The molecule has 0 bridgehead atoms. The lowest BCUT2D eigenvalue weighted by Gasteiger charge is -2.33. The number of carboxylic acid groups (broad SMARTS) is 1. The molecule has 25 heavy (non-hydrogen) atoms. The smallest absolute Gasteiger partial charge is 0.326 e. The Morgan fingerprint density at radius 2 is 2.04 bits per heavy atom. The molecule has 2 aliphatic heterocycles. The maximum absolute atomic E-state index is 13.1. The zero-order chi connectivity index (χ0) is 17.6. The van der Waals surface area contributed by atoms with Crippen molar-refractivity contribution < 1.29 is 24.2 Å². The number of amides is 2. The molecular weight excluding hydrogens is 324 g/mol. The summed E-state index contributed by atoms with van der Waals surface area (Å²) in [6.45, 7) is -0.0865. The SMILES string of the molecule is O=C1COc2cc(C(=O)N3[C@H](C(=O)O)C[C@H]4CCCC[C@@H]43)ccc2N1. The summed E-state index contributed by atoms with van der Waals surface area (Å²) in [7, 11) is 0. The van der Waals surface area contributed by atoms with Crippen LogP contribution in [0.3, 0.4) is 0 Å². The third-order valence-corrected chi connectivity index (χ3v) is 5.47. The molecule has 0 unspecified atom stereocenters. The monoisotopic (exact) mass is 344 g/mol. The number of nitrogens with one attached hydrogen (secondary N) is 1. The summed E-state index contributed by atoms with van der Waals surface area (Å²) in [6.07, 6.45) is 4.50. The van der Waals surface area contributed by atoms with E-state index in [4.69, 9.17) is 4.74 Å². The minimum absolute atomic E-state index is 0.000923. The summed E-state index contributed by atoms with van der Waals surface area (Å²) in [5.74, 6) is -0.736. The zero-order valence-electron chi connectivity index (χ0n) is 13.7. The van der Waals surface area contributed by atoms with E-state index in [9.17, 15) is 19.5 Å². The van der Waals surface area contributed by atoms with Gasteiger partial charge in [-0.15, -0.1) is 0 Å². The van der Waals surface area contributed by atoms with Crippen LogP contribution in [-0.2, 0) is 9.59 Å². The summed E-state index contributed by atoms with van der Waals surface area (Å²) in [4.78, 5) is 37.7. The Hall–Kier alpha value is -2.57. The van der Waals surface area contributed by atoms with E-state index < -0.39 is 12.0 Å². The van der Waals surface area contributed by atoms with Gasteiger partial charge in [0, 0.05) is 11.6 Å². The Labute approximate surface area is 144 Å². The molecule has 3 atom stereocenters. The van der Waals surface area contributed by atoms with E-state index in [1.54, 1.807) is 23.1 Å². The predicted octanol–water partition coefficient (Wildman–Crippen LogP) is 1.88. The zero-order valence-corrected chi connectivity index (χ0v) is 13.7. The van der Waals surface area contributed by atoms with Gasteiger partial charge < -0.3 is 20.1 Å². The number of anilines is 1. The van der Waals surface area contributed by atoms with Gasteiger partial charge in [0.2, 0.25) is 0 Å². The molecule has 4 rings (SSSR count). The summed E-state index contributed by atoms with van der Waals surface area (Å²) in [5.41, 5.74) is 0.923. The second-order valence-corrected chi connectivity index (χ2v) is 6.96. The van der Waals surface area contributed by atoms with E-state index in [1.165, 1.54) is 0 Å². The molecule has 7 nitrogen and oxygen atoms in total. The van der Waals surface area contributed by atoms with Crippen molar-refractivity contribution in [2.24, 2.45) is 5.92 Å². The highest BCUT2D eigenvalue weighted by atomic mass is 16.5. The van der Waals surface area contributed by atoms with E-state index in [0.717, 1.165) is 25.7 Å². The lowest BCUT2D eigenvalue weighted by molar-refractivity contribution is -0.141. The number of carbonyl (C=O) groups is 3. The molecule has 2 N–H and O–H groups in total. The highest BCUT2D eigenvalue weighted by molar-refractivity contribution is 6.00. The Kier molecular flexibility index (Phi) is 3.86. The van der Waals surface area contributed by atoms with Gasteiger partial charge in [-0.3, -0.25) is 9.59 Å². The Balaban J connectivity index is 1.64. The molecule has 0 spiro atoms. The first kappa shape index (κ1) is 15.9. The van der Waals surface area contributed by atoms with Gasteiger partial charge in [0.05, 0.1) is 5.69 Å². The standard InChI is InChI=1S/C18H20N2O5/c21-16-9-25-15-8-11(5-6-12(15)19-16)17(22)20-13-4-2-1-3-10(13)7-14(20)18(23)24/h5-6,8,10,13-14H,1-4,7,9H2,(H,19,21)(H,23,24)/t10-,13+,14+/m1/s1. The molecule has 1 aliphatic carbocycles. The normalized spacial score (nSPS) is 27.8. The van der Waals surface area contributed by atoms with Crippen LogP contribution in [0.5, 0.6) is 5.75 Å². The summed E-state index contributed by atoms with van der Waals surface area (Å²) in [6, 6.07) is 4.07. The number of nitrogens with zero attached hydrogens (tertiary/aromatic N) is 1. The number of hydrogen-bond donors (Lipinski definition) is 2. The number of benzene rings is 1. The van der Waals surface area contributed by atoms with E-state index in [0.29, 0.717) is 23.4 Å². The number of aliphatic carboxylic acids is 1. The highest BCUT2D eigenvalue weighted by Crippen LogP contribution is 2.41. The fraction of sp³-hybridized carbons (Fsp3) is 0.500. The molecule has 2 heterocycles. The number of hydrogen-bond acceptors (Lipinski definition) is 4. The number of ether oxygens (including phenoxy) is 1. The molecule has 0 aromatic heterocycles. The third kappa shape index (κ3) is 2.73. The van der Waals surface area contributed by atoms with Gasteiger partial charge in [-0.25, -0.2) is 4.79 Å². The van der Waals surface area contributed by atoms with Crippen LogP contribution in [0.15, 0.2) is 18.2 Å². The average Bonchev–Trinajstić information content (AvgIpc) is 3.00. The lowest BCUT2D eigenvalue weighted by atomic mass is 9.84. The van der Waals surface area contributed by atoms with E-state index in [1.807, 2.05) is 0 Å². The third-order valence-electron chi connectivity index (χ3n) is 5.47. The molecule has 1 saturated carbocycles. The van der Waals surface area contributed by atoms with Gasteiger partial charge in [-0.2, -0.15) is 0 Å². The molecule has 1 aromatic rings. The van der Waals surface area contributed by atoms with E-state index >= 15 is 0 Å². The summed E-state index contributed by atoms with van der Waals surface area (Å²) < 4.78 is 5.37. The van der Waals surface area contributed by atoms with Crippen LogP contribution in [0.1, 0.15) is 42.5 Å². The lowest BCUT2D eigenvalue weighted by Crippen LogP contribution is -2.46. The fourth-order valence-corrected chi connectivity index (χ4v) is 4.33. The molecular formula is C18H20N2O5. The van der Waals surface area contributed by atoms with Crippen LogP contribution in [0, 0.1) is 5.92 Å². The molecule has 1 saturated heterocycles. The van der Waals surface area contributed by atoms with Crippen molar-refractivity contribution in [2.45, 2.75) is 44.2 Å². The van der Waals surface area contributed by atoms with E-state index in [-0.39, 0.29) is 30.4 Å². The van der Waals surface area contributed by atoms with Gasteiger partial charge in [-0.05, 0) is 43.4 Å². The molecule has 2 amide bonds. The summed E-state index contributed by atoms with van der Waals surface area (Å²) in [5, 5.41) is 12.3. The van der Waals surface area contributed by atoms with Crippen molar-refractivity contribution in [1.29, 1.82) is 0 Å². The van der Waals surface area contributed by atoms with Crippen LogP contribution in [0.2, 0.25) is 0 Å². The van der Waals surface area contributed by atoms with Gasteiger partial charge in [-0.1, -0.05) is 12.8 Å². The van der Waals surface area contributed by atoms with Crippen molar-refractivity contribution in [2.75, 3.05) is 11.9 Å². The van der Waals surface area contributed by atoms with Gasteiger partial charge >= 0.3 is 5.97 Å². The predicted molar refractivity (Wildman–Crippen MR) is 88.5 cm³/mol. The molecule has 2 fully saturated rings. The van der Waals surface area contributed by atoms with Crippen molar-refractivity contribution in [1.82, 2.24) is 4.90 Å². The number of fused-ring (bicyclic) bond motifs is 2. The number of carboxylic acids is 1. The van der Waals surface area contributed by atoms with Crippen molar-refractivity contribution >= 4 is 23.5 Å². The quantitative estimate of drug-likeness (QED) is 0.854. The van der Waals surface area contributed by atoms with Crippen LogP contribution in [0.4, 0.5) is 5.69 Å². The second-order valence-electron chi connectivity index (χ2n) is 6.96. The van der Waals surface area contributed by atoms with Crippen molar-refractivity contribution in [3.63, 3.8) is 0 Å². The first-order valence-electron chi connectivity index (χ1n) is 8.67. The molecule has 3 aliphatic rings. The molecule has 0 radical (unpaired) electrons. The minimum Gasteiger partial charge on any atom is -0.482 e. The van der Waals surface area contributed by atoms with Crippen LogP contribution >= 0.6 is 0 Å². The first-order chi connectivity index (χ1) is 12.0. The largest absolute Gasteiger partial charge is 0.482 e. The van der Waals surface area contributed by atoms with Crippen LogP contribution < -0.4 is 10.1 Å². The van der Waals surface area contributed by atoms with Gasteiger partial charge in [0.1, 0.15) is 11.8 Å². The Morgan fingerprint density at radius 3 is 2.84 bits per heavy atom. The number of carbonyl (C=O) groups excluding carboxylic acids is 2. The Bertz CT molecular complexity index is 747. The number of likely N-dealkylation sites (tertiary alicyclic amines) is 1. The van der Waals surface area contributed by atoms with Crippen molar-refractivity contribution in [3.05, 3.63) is 23.8 Å². The molecule has 132 valence electrons. The highest BCUT2D eigenvalue weighted by Gasteiger charge is 2.47. The van der Waals surface area contributed by atoms with Crippen molar-refractivity contribution in [3.8, 4) is 5.75 Å². The maximum Gasteiger partial charge on any atom is 0.326 e. The maximum atomic E-state index is 13.1. The topological polar surface area (TPSA) is 95.9 Å². The second kappa shape index (κ2) is 6.06. The molecule has 7 heteroatoms. The van der Waals surface area contributed by atoms with Gasteiger partial charge in [0.25, 0.3) is 11.8 Å². The average molecular weight is 344 g/mol. The van der Waals surface area contributed by atoms with Crippen LogP contribution in [-0.4, -0.2) is 46.5 Å². The molecule has 1 aromatic carbocycles. The summed E-state index contributed by atoms with van der Waals surface area (Å²) >= 11 is 0.